The summed E-state index contributed by atoms with van der Waals surface area (Å²) in [6.07, 6.45) is 17.2. The van der Waals surface area contributed by atoms with Crippen LogP contribution < -0.4 is 0 Å². The molecule has 7 nitrogen and oxygen atoms in total. The molecule has 0 aliphatic heterocycles. The molecule has 0 aromatic rings. The van der Waals surface area contributed by atoms with E-state index in [0.717, 1.165) is 63.4 Å². The SMILES string of the molecule is CCCC/C(=C/COP(=O)(O)OP(=O)(O)O)CC/C=C(\C)CC/C=C(\C)CCC=C(C)C. The van der Waals surface area contributed by atoms with Gasteiger partial charge in [-0.2, -0.15) is 4.31 Å². The number of unbranched alkanes of at least 4 members (excludes halogenated alkanes) is 1. The number of phosphoric ester groups is 1. The van der Waals surface area contributed by atoms with Gasteiger partial charge < -0.3 is 14.7 Å². The van der Waals surface area contributed by atoms with Crippen LogP contribution in [0.15, 0.2) is 46.6 Å². The van der Waals surface area contributed by atoms with E-state index in [1.54, 1.807) is 6.08 Å². The van der Waals surface area contributed by atoms with E-state index in [1.807, 2.05) is 0 Å². The van der Waals surface area contributed by atoms with E-state index in [9.17, 15) is 14.0 Å². The van der Waals surface area contributed by atoms with Crippen molar-refractivity contribution in [3.8, 4) is 0 Å². The molecule has 0 aliphatic rings. The van der Waals surface area contributed by atoms with Crippen LogP contribution in [0.5, 0.6) is 0 Å². The second-order valence-electron chi connectivity index (χ2n) is 8.30. The molecular formula is C23H42O7P2. The molecule has 1 unspecified atom stereocenters. The van der Waals surface area contributed by atoms with Gasteiger partial charge in [0.05, 0.1) is 6.61 Å². The Balaban J connectivity index is 4.58. The molecule has 0 radical (unpaired) electrons. The quantitative estimate of drug-likeness (QED) is 0.142. The van der Waals surface area contributed by atoms with Crippen molar-refractivity contribution < 1.29 is 32.6 Å². The number of hydrogen-bond acceptors (Lipinski definition) is 4. The van der Waals surface area contributed by atoms with E-state index in [1.165, 1.54) is 16.7 Å². The second kappa shape index (κ2) is 16.8. The molecule has 186 valence electrons. The molecular weight excluding hydrogens is 450 g/mol. The van der Waals surface area contributed by atoms with Crippen LogP contribution in [0, 0.1) is 0 Å². The van der Waals surface area contributed by atoms with Crippen molar-refractivity contribution in [3.05, 3.63) is 46.6 Å². The summed E-state index contributed by atoms with van der Waals surface area (Å²) in [5.41, 5.74) is 5.20. The topological polar surface area (TPSA) is 113 Å². The monoisotopic (exact) mass is 492 g/mol. The second-order valence-corrected chi connectivity index (χ2v) is 11.1. The Hall–Kier alpha value is -0.780. The van der Waals surface area contributed by atoms with Crippen LogP contribution in [-0.2, 0) is 18.0 Å². The zero-order valence-electron chi connectivity index (χ0n) is 20.2. The first-order valence-electron chi connectivity index (χ1n) is 11.2. The summed E-state index contributed by atoms with van der Waals surface area (Å²) in [4.78, 5) is 26.6. The predicted molar refractivity (Wildman–Crippen MR) is 131 cm³/mol. The van der Waals surface area contributed by atoms with E-state index in [-0.39, 0.29) is 6.61 Å². The summed E-state index contributed by atoms with van der Waals surface area (Å²) in [5.74, 6) is 0. The molecule has 32 heavy (non-hydrogen) atoms. The van der Waals surface area contributed by atoms with Gasteiger partial charge in [0.25, 0.3) is 0 Å². The predicted octanol–water partition coefficient (Wildman–Crippen LogP) is 7.53. The molecule has 0 aromatic carbocycles. The van der Waals surface area contributed by atoms with Gasteiger partial charge in [0.2, 0.25) is 0 Å². The average Bonchev–Trinajstić information content (AvgIpc) is 2.63. The van der Waals surface area contributed by atoms with Gasteiger partial charge >= 0.3 is 15.6 Å². The van der Waals surface area contributed by atoms with Gasteiger partial charge in [0, 0.05) is 0 Å². The molecule has 0 spiro atoms. The summed E-state index contributed by atoms with van der Waals surface area (Å²) >= 11 is 0. The molecule has 1 atom stereocenters. The van der Waals surface area contributed by atoms with Crippen molar-refractivity contribution in [2.45, 2.75) is 92.4 Å². The van der Waals surface area contributed by atoms with Gasteiger partial charge in [-0.1, -0.05) is 59.9 Å². The van der Waals surface area contributed by atoms with E-state index in [4.69, 9.17) is 9.79 Å². The van der Waals surface area contributed by atoms with Crippen LogP contribution in [0.4, 0.5) is 0 Å². The Bertz CT molecular complexity index is 756. The lowest BCUT2D eigenvalue weighted by Gasteiger charge is -2.12. The molecule has 0 amide bonds. The largest absolute Gasteiger partial charge is 0.481 e. The maximum atomic E-state index is 11.5. The van der Waals surface area contributed by atoms with E-state index < -0.39 is 15.6 Å². The summed E-state index contributed by atoms with van der Waals surface area (Å²) in [6.45, 7) is 10.4. The Kier molecular flexibility index (Phi) is 16.4. The maximum Gasteiger partial charge on any atom is 0.481 e. The van der Waals surface area contributed by atoms with Crippen molar-refractivity contribution in [1.82, 2.24) is 0 Å². The van der Waals surface area contributed by atoms with Crippen LogP contribution in [0.1, 0.15) is 92.4 Å². The molecule has 0 aromatic heterocycles. The Labute approximate surface area is 194 Å². The van der Waals surface area contributed by atoms with Crippen LogP contribution >= 0.6 is 15.6 Å². The van der Waals surface area contributed by atoms with Crippen molar-refractivity contribution in [1.29, 1.82) is 0 Å². The molecule has 0 saturated heterocycles. The van der Waals surface area contributed by atoms with Gasteiger partial charge in [-0.15, -0.1) is 0 Å². The van der Waals surface area contributed by atoms with Gasteiger partial charge in [-0.25, -0.2) is 9.13 Å². The van der Waals surface area contributed by atoms with Crippen molar-refractivity contribution >= 4 is 15.6 Å². The van der Waals surface area contributed by atoms with Crippen LogP contribution in [0.2, 0.25) is 0 Å². The number of rotatable bonds is 17. The minimum atomic E-state index is -5.10. The molecule has 0 saturated carbocycles. The molecule has 0 bridgehead atoms. The van der Waals surface area contributed by atoms with E-state index >= 15 is 0 Å². The summed E-state index contributed by atoms with van der Waals surface area (Å²) in [5, 5.41) is 0. The van der Waals surface area contributed by atoms with Crippen LogP contribution in [-0.4, -0.2) is 21.3 Å². The number of hydrogen-bond donors (Lipinski definition) is 3. The standard InChI is InChI=1S/C23H42O7P2/c1-6-7-16-23(18-19-29-32(27,28)30-31(24,25)26)17-10-15-22(5)14-9-13-21(4)12-8-11-20(2)3/h11,13,15,18H,6-10,12,14,16-17,19H2,1-5H3,(H,27,28)(H2,24,25,26)/b21-13+,22-15+,23-18-. The Morgan fingerprint density at radius 3 is 1.81 bits per heavy atom. The highest BCUT2D eigenvalue weighted by Crippen LogP contribution is 2.57. The maximum absolute atomic E-state index is 11.5. The van der Waals surface area contributed by atoms with Gasteiger partial charge in [0.1, 0.15) is 0 Å². The van der Waals surface area contributed by atoms with Crippen LogP contribution in [0.25, 0.3) is 0 Å². The van der Waals surface area contributed by atoms with Crippen molar-refractivity contribution in [2.75, 3.05) is 6.61 Å². The third-order valence-corrected chi connectivity index (χ3v) is 6.90. The highest BCUT2D eigenvalue weighted by Gasteiger charge is 2.31. The highest BCUT2D eigenvalue weighted by atomic mass is 31.3. The van der Waals surface area contributed by atoms with Gasteiger partial charge in [-0.3, -0.25) is 4.52 Å². The Morgan fingerprint density at radius 2 is 1.31 bits per heavy atom. The van der Waals surface area contributed by atoms with E-state index in [0.29, 0.717) is 0 Å². The van der Waals surface area contributed by atoms with Crippen LogP contribution in [0.3, 0.4) is 0 Å². The summed E-state index contributed by atoms with van der Waals surface area (Å²) in [6, 6.07) is 0. The fraction of sp³-hybridized carbons (Fsp3) is 0.652. The third kappa shape index (κ3) is 19.9. The fourth-order valence-corrected chi connectivity index (χ4v) is 4.51. The first-order chi connectivity index (χ1) is 14.8. The third-order valence-electron chi connectivity index (χ3n) is 4.75. The van der Waals surface area contributed by atoms with Crippen molar-refractivity contribution in [3.63, 3.8) is 0 Å². The first kappa shape index (κ1) is 31.2. The molecule has 9 heteroatoms. The molecule has 0 aliphatic carbocycles. The molecule has 3 N–H and O–H groups in total. The van der Waals surface area contributed by atoms with E-state index in [2.05, 4.69) is 61.7 Å². The lowest BCUT2D eigenvalue weighted by Crippen LogP contribution is -1.96. The highest BCUT2D eigenvalue weighted by molar-refractivity contribution is 7.60. The number of allylic oxidation sites excluding steroid dienone is 7. The summed E-state index contributed by atoms with van der Waals surface area (Å²) in [7, 11) is -9.90. The Morgan fingerprint density at radius 1 is 0.781 bits per heavy atom. The zero-order chi connectivity index (χ0) is 24.6. The zero-order valence-corrected chi connectivity index (χ0v) is 22.0. The smallest absolute Gasteiger partial charge is 0.302 e. The average molecular weight is 493 g/mol. The molecule has 0 rings (SSSR count). The molecule has 0 fully saturated rings. The summed E-state index contributed by atoms with van der Waals surface area (Å²) < 4.78 is 30.7. The molecule has 0 heterocycles. The normalized spacial score (nSPS) is 15.6. The van der Waals surface area contributed by atoms with Crippen molar-refractivity contribution in [2.24, 2.45) is 0 Å². The van der Waals surface area contributed by atoms with Gasteiger partial charge in [-0.05, 0) is 79.1 Å². The number of phosphoric acid groups is 2. The van der Waals surface area contributed by atoms with Gasteiger partial charge in [0.15, 0.2) is 0 Å². The minimum absolute atomic E-state index is 0.244. The first-order valence-corrected chi connectivity index (χ1v) is 14.2. The minimum Gasteiger partial charge on any atom is -0.302 e. The lowest BCUT2D eigenvalue weighted by atomic mass is 10.0. The lowest BCUT2D eigenvalue weighted by molar-refractivity contribution is 0.191. The fourth-order valence-electron chi connectivity index (χ4n) is 2.98.